The highest BCUT2D eigenvalue weighted by Gasteiger charge is 2.20. The Kier molecular flexibility index (Phi) is 5.30. The smallest absolute Gasteiger partial charge is 0.270 e. The molecule has 3 heterocycles. The van der Waals surface area contributed by atoms with Crippen LogP contribution in [0.1, 0.15) is 34.5 Å². The van der Waals surface area contributed by atoms with Crippen LogP contribution < -0.4 is 5.32 Å². The van der Waals surface area contributed by atoms with Crippen LogP contribution in [0.25, 0.3) is 17.1 Å². The number of carbonyl (C=O) groups excluding carboxylic acids is 1. The van der Waals surface area contributed by atoms with Gasteiger partial charge in [0.15, 0.2) is 5.76 Å². The fourth-order valence-electron chi connectivity index (χ4n) is 3.74. The quantitative estimate of drug-likeness (QED) is 0.712. The van der Waals surface area contributed by atoms with Crippen LogP contribution >= 0.6 is 0 Å². The van der Waals surface area contributed by atoms with Gasteiger partial charge in [0.05, 0.1) is 12.0 Å². The van der Waals surface area contributed by atoms with Gasteiger partial charge in [0.25, 0.3) is 5.91 Å². The van der Waals surface area contributed by atoms with Crippen LogP contribution in [0.3, 0.4) is 0 Å². The highest BCUT2D eigenvalue weighted by molar-refractivity contribution is 5.94. The van der Waals surface area contributed by atoms with E-state index in [1.165, 1.54) is 18.4 Å². The SMILES string of the molecule is Cc1ccc(-n2nc(-c3ccco3)cc2C(=O)NCCN2CCCC2)c(C)c1. The van der Waals surface area contributed by atoms with Crippen LogP contribution in [0.2, 0.25) is 0 Å². The number of aryl methyl sites for hydroxylation is 2. The third-order valence-corrected chi connectivity index (χ3v) is 5.21. The summed E-state index contributed by atoms with van der Waals surface area (Å²) in [4.78, 5) is 15.3. The Morgan fingerprint density at radius 1 is 1.18 bits per heavy atom. The molecule has 1 aliphatic heterocycles. The monoisotopic (exact) mass is 378 g/mol. The van der Waals surface area contributed by atoms with Crippen LogP contribution in [0, 0.1) is 13.8 Å². The molecule has 0 saturated carbocycles. The first kappa shape index (κ1) is 18.5. The van der Waals surface area contributed by atoms with Crippen molar-refractivity contribution < 1.29 is 9.21 Å². The lowest BCUT2D eigenvalue weighted by atomic mass is 10.1. The molecule has 1 amide bonds. The fraction of sp³-hybridized carbons (Fsp3) is 0.364. The Bertz CT molecular complexity index is 953. The van der Waals surface area contributed by atoms with Gasteiger partial charge < -0.3 is 14.6 Å². The van der Waals surface area contributed by atoms with Crippen molar-refractivity contribution in [2.24, 2.45) is 0 Å². The molecule has 4 rings (SSSR count). The summed E-state index contributed by atoms with van der Waals surface area (Å²) in [7, 11) is 0. The Morgan fingerprint density at radius 3 is 2.71 bits per heavy atom. The second kappa shape index (κ2) is 8.02. The third kappa shape index (κ3) is 3.87. The van der Waals surface area contributed by atoms with Crippen molar-refractivity contribution in [3.63, 3.8) is 0 Å². The summed E-state index contributed by atoms with van der Waals surface area (Å²) in [6.45, 7) is 7.85. The molecule has 1 saturated heterocycles. The van der Waals surface area contributed by atoms with Crippen LogP contribution in [-0.2, 0) is 0 Å². The summed E-state index contributed by atoms with van der Waals surface area (Å²) in [5, 5.41) is 7.73. The number of furan rings is 1. The van der Waals surface area contributed by atoms with E-state index in [4.69, 9.17) is 4.42 Å². The van der Waals surface area contributed by atoms with Crippen molar-refractivity contribution in [2.45, 2.75) is 26.7 Å². The normalized spacial score (nSPS) is 14.5. The van der Waals surface area contributed by atoms with Gasteiger partial charge >= 0.3 is 0 Å². The van der Waals surface area contributed by atoms with Crippen LogP contribution in [-0.4, -0.2) is 46.8 Å². The van der Waals surface area contributed by atoms with Crippen molar-refractivity contribution in [3.05, 3.63) is 59.5 Å². The van der Waals surface area contributed by atoms with E-state index >= 15 is 0 Å². The number of rotatable bonds is 6. The highest BCUT2D eigenvalue weighted by Crippen LogP contribution is 2.24. The number of aromatic nitrogens is 2. The largest absolute Gasteiger partial charge is 0.463 e. The van der Waals surface area contributed by atoms with Gasteiger partial charge in [-0.25, -0.2) is 4.68 Å². The van der Waals surface area contributed by atoms with E-state index in [1.807, 2.05) is 31.2 Å². The van der Waals surface area contributed by atoms with E-state index < -0.39 is 0 Å². The molecule has 28 heavy (non-hydrogen) atoms. The summed E-state index contributed by atoms with van der Waals surface area (Å²) in [6, 6.07) is 11.6. The standard InChI is InChI=1S/C22H26N4O2/c1-16-7-8-19(17(2)14-16)26-20(15-18(24-26)21-6-5-13-28-21)22(27)23-9-12-25-10-3-4-11-25/h5-8,13-15H,3-4,9-12H2,1-2H3,(H,23,27). The van der Waals surface area contributed by atoms with Gasteiger partial charge in [-0.15, -0.1) is 0 Å². The molecule has 146 valence electrons. The molecule has 6 nitrogen and oxygen atoms in total. The van der Waals surface area contributed by atoms with Gasteiger partial charge in [-0.1, -0.05) is 17.7 Å². The minimum atomic E-state index is -0.121. The van der Waals surface area contributed by atoms with Crippen LogP contribution in [0.15, 0.2) is 47.1 Å². The van der Waals surface area contributed by atoms with Gasteiger partial charge in [-0.2, -0.15) is 5.10 Å². The maximum absolute atomic E-state index is 13.0. The molecular formula is C22H26N4O2. The molecule has 0 radical (unpaired) electrons. The number of likely N-dealkylation sites (tertiary alicyclic amines) is 1. The molecule has 0 spiro atoms. The molecule has 6 heteroatoms. The van der Waals surface area contributed by atoms with Crippen molar-refractivity contribution in [1.82, 2.24) is 20.0 Å². The molecule has 1 fully saturated rings. The molecule has 1 aromatic carbocycles. The summed E-state index contributed by atoms with van der Waals surface area (Å²) < 4.78 is 7.21. The van der Waals surface area contributed by atoms with Crippen LogP contribution in [0.4, 0.5) is 0 Å². The van der Waals surface area contributed by atoms with Gasteiger partial charge in [0.1, 0.15) is 11.4 Å². The zero-order chi connectivity index (χ0) is 19.5. The molecule has 2 aromatic heterocycles. The third-order valence-electron chi connectivity index (χ3n) is 5.21. The topological polar surface area (TPSA) is 63.3 Å². The average molecular weight is 378 g/mol. The number of amides is 1. The Hall–Kier alpha value is -2.86. The lowest BCUT2D eigenvalue weighted by Crippen LogP contribution is -2.34. The second-order valence-corrected chi connectivity index (χ2v) is 7.40. The molecular weight excluding hydrogens is 352 g/mol. The van der Waals surface area contributed by atoms with E-state index in [0.717, 1.165) is 30.9 Å². The minimum absolute atomic E-state index is 0.121. The summed E-state index contributed by atoms with van der Waals surface area (Å²) in [5.41, 5.74) is 4.30. The van der Waals surface area contributed by atoms with Crippen molar-refractivity contribution in [1.29, 1.82) is 0 Å². The number of nitrogens with zero attached hydrogens (tertiary/aromatic N) is 3. The fourth-order valence-corrected chi connectivity index (χ4v) is 3.74. The highest BCUT2D eigenvalue weighted by atomic mass is 16.3. The van der Waals surface area contributed by atoms with E-state index in [-0.39, 0.29) is 5.91 Å². The zero-order valence-electron chi connectivity index (χ0n) is 16.4. The summed E-state index contributed by atoms with van der Waals surface area (Å²) in [6.07, 6.45) is 4.11. The van der Waals surface area contributed by atoms with E-state index in [0.29, 0.717) is 23.7 Å². The molecule has 0 unspecified atom stereocenters. The van der Waals surface area contributed by atoms with Crippen molar-refractivity contribution >= 4 is 5.91 Å². The lowest BCUT2D eigenvalue weighted by Gasteiger charge is -2.15. The lowest BCUT2D eigenvalue weighted by molar-refractivity contribution is 0.0942. The molecule has 1 N–H and O–H groups in total. The first-order chi connectivity index (χ1) is 13.6. The summed E-state index contributed by atoms with van der Waals surface area (Å²) >= 11 is 0. The first-order valence-corrected chi connectivity index (χ1v) is 9.84. The minimum Gasteiger partial charge on any atom is -0.463 e. The van der Waals surface area contributed by atoms with Crippen LogP contribution in [0.5, 0.6) is 0 Å². The van der Waals surface area contributed by atoms with Crippen molar-refractivity contribution in [3.8, 4) is 17.1 Å². The van der Waals surface area contributed by atoms with Gasteiger partial charge in [0.2, 0.25) is 0 Å². The zero-order valence-corrected chi connectivity index (χ0v) is 16.4. The Labute approximate surface area is 165 Å². The maximum Gasteiger partial charge on any atom is 0.270 e. The number of carbonyl (C=O) groups is 1. The molecule has 3 aromatic rings. The second-order valence-electron chi connectivity index (χ2n) is 7.40. The Balaban J connectivity index is 1.61. The van der Waals surface area contributed by atoms with E-state index in [1.54, 1.807) is 17.0 Å². The van der Waals surface area contributed by atoms with Gasteiger partial charge in [-0.3, -0.25) is 4.79 Å². The average Bonchev–Trinajstić information content (AvgIpc) is 3.42. The number of benzene rings is 1. The predicted molar refractivity (Wildman–Crippen MR) is 109 cm³/mol. The van der Waals surface area contributed by atoms with E-state index in [2.05, 4.69) is 28.3 Å². The molecule has 0 aliphatic carbocycles. The molecule has 1 aliphatic rings. The van der Waals surface area contributed by atoms with Crippen molar-refractivity contribution in [2.75, 3.05) is 26.2 Å². The van der Waals surface area contributed by atoms with E-state index in [9.17, 15) is 4.79 Å². The Morgan fingerprint density at radius 2 is 2.00 bits per heavy atom. The first-order valence-electron chi connectivity index (χ1n) is 9.84. The molecule has 0 bridgehead atoms. The van der Waals surface area contributed by atoms with Gasteiger partial charge in [-0.05, 0) is 63.5 Å². The number of hydrogen-bond acceptors (Lipinski definition) is 4. The maximum atomic E-state index is 13.0. The summed E-state index contributed by atoms with van der Waals surface area (Å²) in [5.74, 6) is 0.527. The predicted octanol–water partition coefficient (Wildman–Crippen LogP) is 3.57. The van der Waals surface area contributed by atoms with Gasteiger partial charge in [0, 0.05) is 19.2 Å². The number of hydrogen-bond donors (Lipinski definition) is 1. The number of nitrogens with one attached hydrogen (secondary N) is 1. The molecule has 0 atom stereocenters.